The van der Waals surface area contributed by atoms with Gasteiger partial charge in [0.25, 0.3) is 8.32 Å². The van der Waals surface area contributed by atoms with Crippen LogP contribution in [0.3, 0.4) is 0 Å². The van der Waals surface area contributed by atoms with Gasteiger partial charge in [0.05, 0.1) is 0 Å². The van der Waals surface area contributed by atoms with E-state index >= 15 is 0 Å². The first-order valence-corrected chi connectivity index (χ1v) is 15.9. The van der Waals surface area contributed by atoms with Crippen LogP contribution in [0.2, 0.25) is 5.04 Å². The highest BCUT2D eigenvalue weighted by atomic mass is 28.4. The lowest BCUT2D eigenvalue weighted by Gasteiger charge is -2.43. The Bertz CT molecular complexity index is 1230. The van der Waals surface area contributed by atoms with Crippen LogP contribution in [0.1, 0.15) is 62.5 Å². The molecule has 2 nitrogen and oxygen atoms in total. The van der Waals surface area contributed by atoms with Crippen molar-refractivity contribution in [2.24, 2.45) is 0 Å². The molecule has 0 atom stereocenters. The van der Waals surface area contributed by atoms with Crippen molar-refractivity contribution in [3.8, 4) is 0 Å². The van der Waals surface area contributed by atoms with Gasteiger partial charge >= 0.3 is 0 Å². The standard InChI is InChI=1S/C34H41NOSi/c1-34(2,3)37(31-20-9-5-10-21-31,32-22-11-6-12-23-32)36-25-15-19-30-26-29-18-13-14-24-33(29)35(30)27-28-16-7-4-8-17-28/h4-12,16-17,20-23,26H,13-15,18-19,24-25,27H2,1-3H3. The molecule has 0 radical (unpaired) electrons. The number of rotatable bonds is 9. The van der Waals surface area contributed by atoms with E-state index in [0.717, 1.165) is 26.0 Å². The Labute approximate surface area is 224 Å². The maximum absolute atomic E-state index is 7.18. The molecule has 5 rings (SSSR count). The van der Waals surface area contributed by atoms with Crippen LogP contribution >= 0.6 is 0 Å². The van der Waals surface area contributed by atoms with Gasteiger partial charge in [-0.25, -0.2) is 0 Å². The van der Waals surface area contributed by atoms with Crippen molar-refractivity contribution in [3.63, 3.8) is 0 Å². The van der Waals surface area contributed by atoms with E-state index in [9.17, 15) is 0 Å². The molecule has 0 saturated carbocycles. The number of aryl methyl sites for hydroxylation is 2. The van der Waals surface area contributed by atoms with Crippen molar-refractivity contribution in [3.05, 3.63) is 120 Å². The van der Waals surface area contributed by atoms with E-state index < -0.39 is 8.32 Å². The summed E-state index contributed by atoms with van der Waals surface area (Å²) >= 11 is 0. The largest absolute Gasteiger partial charge is 0.407 e. The summed E-state index contributed by atoms with van der Waals surface area (Å²) in [6.07, 6.45) is 7.14. The second-order valence-corrected chi connectivity index (χ2v) is 15.8. The van der Waals surface area contributed by atoms with Gasteiger partial charge in [-0.3, -0.25) is 0 Å². The Morgan fingerprint density at radius 1 is 0.757 bits per heavy atom. The fourth-order valence-electron chi connectivity index (χ4n) is 6.24. The summed E-state index contributed by atoms with van der Waals surface area (Å²) in [5, 5.41) is 2.73. The summed E-state index contributed by atoms with van der Waals surface area (Å²) in [5.74, 6) is 0. The summed E-state index contributed by atoms with van der Waals surface area (Å²) in [7, 11) is -2.48. The molecule has 0 bridgehead atoms. The number of hydrogen-bond acceptors (Lipinski definition) is 1. The van der Waals surface area contributed by atoms with Gasteiger partial charge in [-0.15, -0.1) is 0 Å². The van der Waals surface area contributed by atoms with Crippen molar-refractivity contribution < 1.29 is 4.43 Å². The zero-order valence-corrected chi connectivity index (χ0v) is 23.7. The van der Waals surface area contributed by atoms with Gasteiger partial charge in [0.1, 0.15) is 0 Å². The highest BCUT2D eigenvalue weighted by Gasteiger charge is 2.49. The molecule has 37 heavy (non-hydrogen) atoms. The summed E-state index contributed by atoms with van der Waals surface area (Å²) in [4.78, 5) is 0. The first-order valence-electron chi connectivity index (χ1n) is 14.0. The quantitative estimate of drug-likeness (QED) is 0.177. The predicted molar refractivity (Wildman–Crippen MR) is 159 cm³/mol. The van der Waals surface area contributed by atoms with Crippen molar-refractivity contribution >= 4 is 18.7 Å². The summed E-state index contributed by atoms with van der Waals surface area (Å²) in [6, 6.07) is 35.4. The SMILES string of the molecule is CC(C)(C)[Si](OCCCc1cc2c(n1Cc1ccccc1)CCCC2)(c1ccccc1)c1ccccc1. The molecular formula is C34H41NOSi. The van der Waals surface area contributed by atoms with Gasteiger partial charge in [-0.2, -0.15) is 0 Å². The number of benzene rings is 3. The number of hydrogen-bond donors (Lipinski definition) is 0. The lowest BCUT2D eigenvalue weighted by atomic mass is 9.98. The maximum Gasteiger partial charge on any atom is 0.261 e. The minimum Gasteiger partial charge on any atom is -0.407 e. The maximum atomic E-state index is 7.18. The fraction of sp³-hybridized carbons (Fsp3) is 0.353. The minimum atomic E-state index is -2.48. The smallest absolute Gasteiger partial charge is 0.261 e. The Balaban J connectivity index is 1.39. The third-order valence-corrected chi connectivity index (χ3v) is 13.0. The van der Waals surface area contributed by atoms with Crippen LogP contribution in [-0.2, 0) is 30.2 Å². The third kappa shape index (κ3) is 5.39. The van der Waals surface area contributed by atoms with E-state index in [0.29, 0.717) is 0 Å². The van der Waals surface area contributed by atoms with E-state index in [2.05, 4.69) is 122 Å². The molecule has 1 heterocycles. The van der Waals surface area contributed by atoms with Crippen molar-refractivity contribution in [1.82, 2.24) is 4.57 Å². The molecule has 1 aliphatic carbocycles. The summed E-state index contributed by atoms with van der Waals surface area (Å²) < 4.78 is 9.80. The zero-order chi connectivity index (χ0) is 25.7. The number of aromatic nitrogens is 1. The van der Waals surface area contributed by atoms with Crippen LogP contribution in [0.4, 0.5) is 0 Å². The normalized spacial score (nSPS) is 13.9. The Morgan fingerprint density at radius 2 is 1.32 bits per heavy atom. The molecule has 0 aliphatic heterocycles. The molecule has 1 aliphatic rings. The lowest BCUT2D eigenvalue weighted by Crippen LogP contribution is -2.66. The van der Waals surface area contributed by atoms with E-state index in [-0.39, 0.29) is 5.04 Å². The van der Waals surface area contributed by atoms with Crippen molar-refractivity contribution in [1.29, 1.82) is 0 Å². The van der Waals surface area contributed by atoms with E-state index in [1.54, 1.807) is 11.3 Å². The first-order chi connectivity index (χ1) is 18.0. The average Bonchev–Trinajstić information content (AvgIpc) is 3.27. The number of fused-ring (bicyclic) bond motifs is 1. The lowest BCUT2D eigenvalue weighted by molar-refractivity contribution is 0.291. The Kier molecular flexibility index (Phi) is 7.83. The van der Waals surface area contributed by atoms with Gasteiger partial charge in [-0.05, 0) is 71.1 Å². The highest BCUT2D eigenvalue weighted by molar-refractivity contribution is 6.99. The first kappa shape index (κ1) is 25.8. The minimum absolute atomic E-state index is 0.0162. The molecule has 0 saturated heterocycles. The molecular weight excluding hydrogens is 466 g/mol. The van der Waals surface area contributed by atoms with E-state index in [1.807, 2.05) is 0 Å². The van der Waals surface area contributed by atoms with Crippen LogP contribution in [0, 0.1) is 0 Å². The van der Waals surface area contributed by atoms with Gasteiger partial charge in [0.15, 0.2) is 0 Å². The summed E-state index contributed by atoms with van der Waals surface area (Å²) in [5.41, 5.74) is 6.00. The van der Waals surface area contributed by atoms with Crippen LogP contribution in [0.25, 0.3) is 0 Å². The Morgan fingerprint density at radius 3 is 1.92 bits per heavy atom. The molecule has 0 N–H and O–H groups in total. The molecule has 192 valence electrons. The third-order valence-electron chi connectivity index (χ3n) is 7.99. The second-order valence-electron chi connectivity index (χ2n) is 11.5. The fourth-order valence-corrected chi connectivity index (χ4v) is 10.8. The van der Waals surface area contributed by atoms with Crippen molar-refractivity contribution in [2.75, 3.05) is 6.61 Å². The zero-order valence-electron chi connectivity index (χ0n) is 22.7. The highest BCUT2D eigenvalue weighted by Crippen LogP contribution is 2.37. The molecule has 3 aromatic carbocycles. The van der Waals surface area contributed by atoms with Gasteiger partial charge in [-0.1, -0.05) is 112 Å². The van der Waals surface area contributed by atoms with Crippen LogP contribution in [-0.4, -0.2) is 19.5 Å². The molecule has 0 spiro atoms. The molecule has 1 aromatic heterocycles. The van der Waals surface area contributed by atoms with E-state index in [4.69, 9.17) is 4.43 Å². The predicted octanol–water partition coefficient (Wildman–Crippen LogP) is 6.92. The Hall–Kier alpha value is -2.88. The molecule has 4 aromatic rings. The van der Waals surface area contributed by atoms with Crippen LogP contribution < -0.4 is 10.4 Å². The van der Waals surface area contributed by atoms with Gasteiger partial charge in [0, 0.05) is 24.5 Å². The average molecular weight is 508 g/mol. The van der Waals surface area contributed by atoms with Crippen molar-refractivity contribution in [2.45, 2.75) is 70.9 Å². The molecule has 3 heteroatoms. The van der Waals surface area contributed by atoms with Crippen LogP contribution in [0.15, 0.2) is 97.1 Å². The second kappa shape index (κ2) is 11.2. The van der Waals surface area contributed by atoms with E-state index in [1.165, 1.54) is 47.3 Å². The summed E-state index contributed by atoms with van der Waals surface area (Å²) in [6.45, 7) is 8.82. The molecule has 0 amide bonds. The van der Waals surface area contributed by atoms with Gasteiger partial charge < -0.3 is 8.99 Å². The number of nitrogens with zero attached hydrogens (tertiary/aromatic N) is 1. The molecule has 0 fully saturated rings. The molecule has 0 unspecified atom stereocenters. The topological polar surface area (TPSA) is 14.2 Å². The van der Waals surface area contributed by atoms with Crippen LogP contribution in [0.5, 0.6) is 0 Å². The monoisotopic (exact) mass is 507 g/mol. The van der Waals surface area contributed by atoms with Gasteiger partial charge in [0.2, 0.25) is 0 Å².